The minimum atomic E-state index is -0.545. The first-order chi connectivity index (χ1) is 8.72. The second-order valence-corrected chi connectivity index (χ2v) is 3.38. The fourth-order valence-corrected chi connectivity index (χ4v) is 1.38. The van der Waals surface area contributed by atoms with Gasteiger partial charge >= 0.3 is 0 Å². The van der Waals surface area contributed by atoms with Gasteiger partial charge in [0.1, 0.15) is 12.1 Å². The third-order valence-electron chi connectivity index (χ3n) is 2.25. The van der Waals surface area contributed by atoms with E-state index in [-0.39, 0.29) is 17.0 Å². The topological polar surface area (TPSA) is 75.4 Å². The molecule has 0 saturated carbocycles. The number of Topliss-reactive ketones (excluding diaryl/α,β-unsaturated/α-hetero) is 1. The quantitative estimate of drug-likeness (QED) is 0.386. The lowest BCUT2D eigenvalue weighted by atomic mass is 10.0. The van der Waals surface area contributed by atoms with E-state index >= 15 is 0 Å². The number of benzene rings is 1. The van der Waals surface area contributed by atoms with Crippen molar-refractivity contribution in [3.63, 3.8) is 0 Å². The van der Waals surface area contributed by atoms with Crippen molar-refractivity contribution in [1.82, 2.24) is 9.97 Å². The predicted octanol–water partition coefficient (Wildman–Crippen LogP) is 1.68. The summed E-state index contributed by atoms with van der Waals surface area (Å²) in [6.07, 6.45) is 2.66. The van der Waals surface area contributed by atoms with Crippen LogP contribution in [0.3, 0.4) is 0 Å². The summed E-state index contributed by atoms with van der Waals surface area (Å²) in [7, 11) is 0. The summed E-state index contributed by atoms with van der Waals surface area (Å²) in [5.41, 5.74) is 0.189. The Labute approximate surface area is 102 Å². The minimum absolute atomic E-state index is 0.196. The lowest BCUT2D eigenvalue weighted by molar-refractivity contribution is 0.106. The molecule has 0 aliphatic carbocycles. The highest BCUT2D eigenvalue weighted by atomic mass is 19.1. The van der Waals surface area contributed by atoms with Gasteiger partial charge in [0.15, 0.2) is 5.71 Å². The van der Waals surface area contributed by atoms with Crippen molar-refractivity contribution >= 4 is 11.5 Å². The molecule has 2 rings (SSSR count). The molecule has 2 aromatic rings. The number of halogens is 1. The Balaban J connectivity index is 2.35. The van der Waals surface area contributed by atoms with Gasteiger partial charge in [-0.25, -0.2) is 14.4 Å². The van der Waals surface area contributed by atoms with E-state index in [1.54, 1.807) is 0 Å². The van der Waals surface area contributed by atoms with E-state index in [1.807, 2.05) is 0 Å². The number of oxime groups is 1. The van der Waals surface area contributed by atoms with Crippen molar-refractivity contribution < 1.29 is 14.4 Å². The molecule has 0 unspecified atom stereocenters. The van der Waals surface area contributed by atoms with Gasteiger partial charge in [0, 0.05) is 11.8 Å². The van der Waals surface area contributed by atoms with Crippen molar-refractivity contribution in [2.24, 2.45) is 5.16 Å². The van der Waals surface area contributed by atoms with E-state index in [1.165, 1.54) is 30.7 Å². The summed E-state index contributed by atoms with van der Waals surface area (Å²) in [5, 5.41) is 11.8. The van der Waals surface area contributed by atoms with Gasteiger partial charge < -0.3 is 5.21 Å². The Kier molecular flexibility index (Phi) is 3.38. The lowest BCUT2D eigenvalue weighted by Crippen LogP contribution is -2.17. The van der Waals surface area contributed by atoms with Crippen molar-refractivity contribution in [2.75, 3.05) is 0 Å². The van der Waals surface area contributed by atoms with E-state index in [2.05, 4.69) is 15.1 Å². The van der Waals surface area contributed by atoms with E-state index in [0.29, 0.717) is 0 Å². The summed E-state index contributed by atoms with van der Waals surface area (Å²) < 4.78 is 12.7. The molecule has 90 valence electrons. The first-order valence-electron chi connectivity index (χ1n) is 5.01. The molecule has 1 heterocycles. The smallest absolute Gasteiger partial charge is 0.216 e. The zero-order valence-corrected chi connectivity index (χ0v) is 9.12. The molecule has 0 saturated heterocycles. The Morgan fingerprint density at radius 1 is 1.22 bits per heavy atom. The number of carbonyl (C=O) groups is 1. The highest BCUT2D eigenvalue weighted by Crippen LogP contribution is 2.08. The van der Waals surface area contributed by atoms with Gasteiger partial charge in [-0.2, -0.15) is 0 Å². The molecule has 1 aromatic heterocycles. The van der Waals surface area contributed by atoms with Crippen LogP contribution in [0.4, 0.5) is 4.39 Å². The van der Waals surface area contributed by atoms with Crippen molar-refractivity contribution in [2.45, 2.75) is 0 Å². The molecular weight excluding hydrogens is 237 g/mol. The van der Waals surface area contributed by atoms with Crippen LogP contribution in [0, 0.1) is 5.82 Å². The van der Waals surface area contributed by atoms with Crippen LogP contribution in [-0.4, -0.2) is 26.7 Å². The third-order valence-corrected chi connectivity index (χ3v) is 2.25. The molecule has 0 radical (unpaired) electrons. The molecule has 0 spiro atoms. The Bertz CT molecular complexity index is 582. The number of rotatable bonds is 3. The van der Waals surface area contributed by atoms with Gasteiger partial charge in [-0.3, -0.25) is 4.79 Å². The molecule has 0 aliphatic rings. The first-order valence-corrected chi connectivity index (χ1v) is 5.01. The highest BCUT2D eigenvalue weighted by Gasteiger charge is 2.18. The highest BCUT2D eigenvalue weighted by molar-refractivity contribution is 6.50. The number of hydrogen-bond acceptors (Lipinski definition) is 5. The zero-order valence-electron chi connectivity index (χ0n) is 9.12. The number of hydrogen-bond donors (Lipinski definition) is 1. The zero-order chi connectivity index (χ0) is 13.0. The summed E-state index contributed by atoms with van der Waals surface area (Å²) in [5.74, 6) is -0.993. The van der Waals surface area contributed by atoms with E-state index in [4.69, 9.17) is 5.21 Å². The standard InChI is InChI=1S/C12H8FN3O2/c13-9-3-1-8(2-4-9)12(17)11(16-18)10-5-6-14-7-15-10/h1-7,18H. The number of carbonyl (C=O) groups excluding carboxylic acids is 1. The van der Waals surface area contributed by atoms with Crippen LogP contribution < -0.4 is 0 Å². The average Bonchev–Trinajstić information content (AvgIpc) is 2.41. The third kappa shape index (κ3) is 2.37. The molecule has 0 aliphatic heterocycles. The summed E-state index contributed by atoms with van der Waals surface area (Å²) >= 11 is 0. The van der Waals surface area contributed by atoms with E-state index < -0.39 is 11.6 Å². The van der Waals surface area contributed by atoms with Crippen LogP contribution >= 0.6 is 0 Å². The average molecular weight is 245 g/mol. The monoisotopic (exact) mass is 245 g/mol. The van der Waals surface area contributed by atoms with Gasteiger partial charge in [-0.05, 0) is 30.3 Å². The van der Waals surface area contributed by atoms with E-state index in [0.717, 1.165) is 12.1 Å². The Morgan fingerprint density at radius 2 is 1.94 bits per heavy atom. The summed E-state index contributed by atoms with van der Waals surface area (Å²) in [4.78, 5) is 19.5. The minimum Gasteiger partial charge on any atom is -0.410 e. The molecule has 5 nitrogen and oxygen atoms in total. The van der Waals surface area contributed by atoms with Gasteiger partial charge in [-0.1, -0.05) is 5.16 Å². The van der Waals surface area contributed by atoms with Crippen LogP contribution in [0.15, 0.2) is 48.0 Å². The maximum Gasteiger partial charge on any atom is 0.216 e. The van der Waals surface area contributed by atoms with Crippen LogP contribution in [0.5, 0.6) is 0 Å². The van der Waals surface area contributed by atoms with Crippen LogP contribution in [0.2, 0.25) is 0 Å². The second-order valence-electron chi connectivity index (χ2n) is 3.38. The molecule has 18 heavy (non-hydrogen) atoms. The number of aromatic nitrogens is 2. The van der Waals surface area contributed by atoms with Gasteiger partial charge in [0.25, 0.3) is 0 Å². The predicted molar refractivity (Wildman–Crippen MR) is 61.1 cm³/mol. The Hall–Kier alpha value is -2.63. The summed E-state index contributed by atoms with van der Waals surface area (Å²) in [6, 6.07) is 6.37. The van der Waals surface area contributed by atoms with Gasteiger partial charge in [-0.15, -0.1) is 0 Å². The van der Waals surface area contributed by atoms with Crippen molar-refractivity contribution in [3.05, 3.63) is 59.9 Å². The fourth-order valence-electron chi connectivity index (χ4n) is 1.38. The maximum absolute atomic E-state index is 12.7. The molecule has 0 amide bonds. The SMILES string of the molecule is O=C(C(=NO)c1ccncn1)c1ccc(F)cc1. The van der Waals surface area contributed by atoms with E-state index in [9.17, 15) is 9.18 Å². The second kappa shape index (κ2) is 5.13. The molecule has 0 bridgehead atoms. The molecular formula is C12H8FN3O2. The van der Waals surface area contributed by atoms with Crippen molar-refractivity contribution in [1.29, 1.82) is 0 Å². The lowest BCUT2D eigenvalue weighted by Gasteiger charge is -2.02. The first kappa shape index (κ1) is 11.8. The fraction of sp³-hybridized carbons (Fsp3) is 0. The molecule has 1 N–H and O–H groups in total. The number of ketones is 1. The molecule has 6 heteroatoms. The van der Waals surface area contributed by atoms with Gasteiger partial charge in [0.05, 0.1) is 5.69 Å². The maximum atomic E-state index is 12.7. The van der Waals surface area contributed by atoms with Crippen molar-refractivity contribution in [3.8, 4) is 0 Å². The largest absolute Gasteiger partial charge is 0.410 e. The molecule has 0 atom stereocenters. The van der Waals surface area contributed by atoms with Crippen LogP contribution in [-0.2, 0) is 0 Å². The summed E-state index contributed by atoms with van der Waals surface area (Å²) in [6.45, 7) is 0. The van der Waals surface area contributed by atoms with Crippen LogP contribution in [0.1, 0.15) is 16.1 Å². The van der Waals surface area contributed by atoms with Crippen LogP contribution in [0.25, 0.3) is 0 Å². The molecule has 1 aromatic carbocycles. The Morgan fingerprint density at radius 3 is 2.50 bits per heavy atom. The normalized spacial score (nSPS) is 11.3. The van der Waals surface area contributed by atoms with Gasteiger partial charge in [0.2, 0.25) is 5.78 Å². The molecule has 0 fully saturated rings. The number of nitrogens with zero attached hydrogens (tertiary/aromatic N) is 3.